The zero-order valence-electron chi connectivity index (χ0n) is 19.3. The quantitative estimate of drug-likeness (QED) is 0.380. The average Bonchev–Trinajstić information content (AvgIpc) is 3.02. The van der Waals surface area contributed by atoms with Crippen LogP contribution in [0.25, 0.3) is 6.08 Å². The minimum Gasteiger partial charge on any atom is -0.463 e. The lowest BCUT2D eigenvalue weighted by molar-refractivity contribution is -0.384. The summed E-state index contributed by atoms with van der Waals surface area (Å²) in [6, 6.07) is 19.9. The number of carbonyl (C=O) groups excluding carboxylic acids is 1. The molecule has 0 saturated heterocycles. The van der Waals surface area contributed by atoms with Crippen LogP contribution in [-0.2, 0) is 16.8 Å². The Bertz CT molecular complexity index is 1370. The van der Waals surface area contributed by atoms with Crippen molar-refractivity contribution in [2.45, 2.75) is 31.5 Å². The molecule has 0 aromatic heterocycles. The highest BCUT2D eigenvalue weighted by Gasteiger charge is 2.59. The van der Waals surface area contributed by atoms with Crippen LogP contribution in [0.2, 0.25) is 5.02 Å². The summed E-state index contributed by atoms with van der Waals surface area (Å²) in [5.41, 5.74) is 1.89. The van der Waals surface area contributed by atoms with Gasteiger partial charge in [0.2, 0.25) is 11.6 Å². The summed E-state index contributed by atoms with van der Waals surface area (Å²) in [4.78, 5) is 25.9. The molecule has 0 radical (unpaired) electrons. The monoisotopic (exact) mass is 489 g/mol. The molecule has 1 spiro atoms. The molecule has 7 nitrogen and oxygen atoms in total. The number of hydrogen-bond donors (Lipinski definition) is 1. The number of ether oxygens (including phenoxy) is 1. The smallest absolute Gasteiger partial charge is 0.270 e. The first-order chi connectivity index (χ1) is 16.7. The van der Waals surface area contributed by atoms with E-state index < -0.39 is 16.1 Å². The molecule has 3 aromatic carbocycles. The number of non-ortho nitro benzene ring substituents is 1. The van der Waals surface area contributed by atoms with Crippen molar-refractivity contribution in [3.63, 3.8) is 0 Å². The van der Waals surface area contributed by atoms with Gasteiger partial charge in [0, 0.05) is 35.0 Å². The van der Waals surface area contributed by atoms with E-state index in [1.807, 2.05) is 59.5 Å². The Morgan fingerprint density at radius 2 is 1.86 bits per heavy atom. The van der Waals surface area contributed by atoms with Crippen LogP contribution < -0.4 is 15.0 Å². The summed E-state index contributed by atoms with van der Waals surface area (Å²) < 4.78 is 6.62. The molecule has 0 bridgehead atoms. The highest BCUT2D eigenvalue weighted by Crippen LogP contribution is 2.54. The Morgan fingerprint density at radius 3 is 2.63 bits per heavy atom. The van der Waals surface area contributed by atoms with Crippen molar-refractivity contribution < 1.29 is 14.5 Å². The number of rotatable bonds is 5. The molecule has 178 valence electrons. The van der Waals surface area contributed by atoms with E-state index in [4.69, 9.17) is 16.3 Å². The number of anilines is 1. The van der Waals surface area contributed by atoms with E-state index in [1.165, 1.54) is 12.1 Å². The number of nitro groups is 1. The molecule has 1 N–H and O–H groups in total. The number of carbonyl (C=O) groups is 1. The molecule has 0 saturated carbocycles. The molecule has 0 aliphatic carbocycles. The fraction of sp³-hybridized carbons (Fsp3) is 0.222. The predicted octanol–water partition coefficient (Wildman–Crippen LogP) is 5.46. The minimum absolute atomic E-state index is 0.00211. The first kappa shape index (κ1) is 22.9. The van der Waals surface area contributed by atoms with Crippen LogP contribution in [0.15, 0.2) is 72.8 Å². The van der Waals surface area contributed by atoms with Crippen molar-refractivity contribution >= 4 is 35.0 Å². The summed E-state index contributed by atoms with van der Waals surface area (Å²) in [6.45, 7) is 4.52. The van der Waals surface area contributed by atoms with E-state index >= 15 is 0 Å². The Hall–Kier alpha value is -3.84. The summed E-state index contributed by atoms with van der Waals surface area (Å²) >= 11 is 6.24. The second-order valence-electron chi connectivity index (χ2n) is 9.21. The van der Waals surface area contributed by atoms with E-state index in [2.05, 4.69) is 19.2 Å². The molecule has 8 heteroatoms. The molecule has 2 aliphatic rings. The third-order valence-electron chi connectivity index (χ3n) is 6.86. The standard InChI is InChI=1S/C27H24ClN3O4/c1-26(2)21-8-4-6-10-23(21)30(17-25(32)29-16-19-7-3-5-9-22(19)28)27(26)14-13-18-15-20(31(33)34)11-12-24(18)35-27/h3-15H,16-17H2,1-2H3,(H,29,32)/t27-/m0/s1. The number of fused-ring (bicyclic) bond motifs is 2. The molecule has 5 rings (SSSR count). The van der Waals surface area contributed by atoms with Gasteiger partial charge in [-0.25, -0.2) is 0 Å². The van der Waals surface area contributed by atoms with E-state index in [0.717, 1.165) is 16.8 Å². The highest BCUT2D eigenvalue weighted by atomic mass is 35.5. The molecule has 0 fully saturated rings. The van der Waals surface area contributed by atoms with E-state index in [-0.39, 0.29) is 18.1 Å². The Balaban J connectivity index is 1.49. The maximum Gasteiger partial charge on any atom is 0.270 e. The van der Waals surface area contributed by atoms with Gasteiger partial charge in [-0.1, -0.05) is 48.0 Å². The van der Waals surface area contributed by atoms with Crippen molar-refractivity contribution in [2.75, 3.05) is 11.4 Å². The second-order valence-corrected chi connectivity index (χ2v) is 9.61. The Labute approximate surface area is 208 Å². The fourth-order valence-electron chi connectivity index (χ4n) is 4.94. The number of nitro benzene ring substituents is 1. The van der Waals surface area contributed by atoms with Gasteiger partial charge in [-0.3, -0.25) is 14.9 Å². The third-order valence-corrected chi connectivity index (χ3v) is 7.23. The van der Waals surface area contributed by atoms with Crippen molar-refractivity contribution in [1.29, 1.82) is 0 Å². The van der Waals surface area contributed by atoms with Crippen LogP contribution in [0.1, 0.15) is 30.5 Å². The average molecular weight is 490 g/mol. The highest BCUT2D eigenvalue weighted by molar-refractivity contribution is 6.31. The number of halogens is 1. The van der Waals surface area contributed by atoms with Gasteiger partial charge >= 0.3 is 0 Å². The normalized spacial score (nSPS) is 19.1. The van der Waals surface area contributed by atoms with Gasteiger partial charge in [0.05, 0.1) is 10.3 Å². The van der Waals surface area contributed by atoms with Crippen LogP contribution >= 0.6 is 11.6 Å². The maximum atomic E-state index is 13.1. The molecule has 1 atom stereocenters. The van der Waals surface area contributed by atoms with E-state index in [0.29, 0.717) is 22.9 Å². The summed E-state index contributed by atoms with van der Waals surface area (Å²) in [7, 11) is 0. The molecule has 0 unspecified atom stereocenters. The topological polar surface area (TPSA) is 84.7 Å². The van der Waals surface area contributed by atoms with Crippen molar-refractivity contribution in [2.24, 2.45) is 0 Å². The van der Waals surface area contributed by atoms with Gasteiger partial charge in [0.15, 0.2) is 0 Å². The molecular weight excluding hydrogens is 466 g/mol. The van der Waals surface area contributed by atoms with Crippen LogP contribution in [0.5, 0.6) is 5.75 Å². The number of amides is 1. The van der Waals surface area contributed by atoms with E-state index in [1.54, 1.807) is 12.1 Å². The van der Waals surface area contributed by atoms with Crippen LogP contribution in [-0.4, -0.2) is 23.1 Å². The fourth-order valence-corrected chi connectivity index (χ4v) is 5.15. The van der Waals surface area contributed by atoms with Crippen molar-refractivity contribution in [3.8, 4) is 5.75 Å². The van der Waals surface area contributed by atoms with Gasteiger partial charge in [0.1, 0.15) is 12.3 Å². The Kier molecular flexibility index (Phi) is 5.52. The van der Waals surface area contributed by atoms with Crippen molar-refractivity contribution in [1.82, 2.24) is 5.32 Å². The third kappa shape index (κ3) is 3.72. The van der Waals surface area contributed by atoms with Gasteiger partial charge in [-0.15, -0.1) is 0 Å². The molecule has 3 aromatic rings. The van der Waals surface area contributed by atoms with Gasteiger partial charge < -0.3 is 15.0 Å². The van der Waals surface area contributed by atoms with E-state index in [9.17, 15) is 14.9 Å². The first-order valence-electron chi connectivity index (χ1n) is 11.3. The summed E-state index contributed by atoms with van der Waals surface area (Å²) in [5.74, 6) is 0.351. The first-order valence-corrected chi connectivity index (χ1v) is 11.6. The van der Waals surface area contributed by atoms with Crippen LogP contribution in [0.3, 0.4) is 0 Å². The number of nitrogens with one attached hydrogen (secondary N) is 1. The van der Waals surface area contributed by atoms with Gasteiger partial charge in [-0.05, 0) is 55.3 Å². The van der Waals surface area contributed by atoms with Crippen LogP contribution in [0, 0.1) is 10.1 Å². The summed E-state index contributed by atoms with van der Waals surface area (Å²) in [6.07, 6.45) is 3.74. The molecular formula is C27H24ClN3O4. The molecule has 2 heterocycles. The number of benzene rings is 3. The van der Waals surface area contributed by atoms with Crippen molar-refractivity contribution in [3.05, 3.63) is 105 Å². The predicted molar refractivity (Wildman–Crippen MR) is 136 cm³/mol. The lowest BCUT2D eigenvalue weighted by Crippen LogP contribution is -2.61. The Morgan fingerprint density at radius 1 is 1.11 bits per heavy atom. The second kappa shape index (κ2) is 8.43. The molecule has 35 heavy (non-hydrogen) atoms. The van der Waals surface area contributed by atoms with Crippen LogP contribution in [0.4, 0.5) is 11.4 Å². The zero-order valence-corrected chi connectivity index (χ0v) is 20.1. The molecule has 1 amide bonds. The minimum atomic E-state index is -0.998. The molecule has 2 aliphatic heterocycles. The lowest BCUT2D eigenvalue weighted by atomic mass is 9.76. The number of hydrogen-bond acceptors (Lipinski definition) is 5. The van der Waals surface area contributed by atoms with Gasteiger partial charge in [0.25, 0.3) is 5.69 Å². The van der Waals surface area contributed by atoms with Gasteiger partial charge in [-0.2, -0.15) is 0 Å². The maximum absolute atomic E-state index is 13.1. The number of para-hydroxylation sites is 1. The largest absolute Gasteiger partial charge is 0.463 e. The summed E-state index contributed by atoms with van der Waals surface area (Å²) in [5, 5.41) is 14.8. The SMILES string of the molecule is CC1(C)c2ccccc2N(CC(=O)NCc2ccccc2Cl)[C@]12C=Cc1cc([N+](=O)[O-])ccc1O2. The zero-order chi connectivity index (χ0) is 24.8. The number of nitrogens with zero attached hydrogens (tertiary/aromatic N) is 2. The lowest BCUT2D eigenvalue weighted by Gasteiger charge is -2.46.